The van der Waals surface area contributed by atoms with Crippen LogP contribution in [0.2, 0.25) is 0 Å². The summed E-state index contributed by atoms with van der Waals surface area (Å²) in [4.78, 5) is 12.9. The molecule has 0 aromatic carbocycles. The topological polar surface area (TPSA) is 55.6 Å². The molecule has 2 aromatic heterocycles. The van der Waals surface area contributed by atoms with Gasteiger partial charge in [-0.3, -0.25) is 4.57 Å². The summed E-state index contributed by atoms with van der Waals surface area (Å²) in [5.41, 5.74) is 0. The van der Waals surface area contributed by atoms with Gasteiger partial charge in [0.15, 0.2) is 0 Å². The Morgan fingerprint density at radius 3 is 2.88 bits per heavy atom. The molecule has 0 aliphatic rings. The second kappa shape index (κ2) is 4.74. The van der Waals surface area contributed by atoms with Crippen molar-refractivity contribution in [2.24, 2.45) is 0 Å². The number of anilines is 1. The predicted molar refractivity (Wildman–Crippen MR) is 62.7 cm³/mol. The zero-order chi connectivity index (χ0) is 11.4. The monoisotopic (exact) mass is 217 g/mol. The number of nitrogens with zero attached hydrogens (tertiary/aromatic N) is 4. The van der Waals surface area contributed by atoms with Crippen LogP contribution >= 0.6 is 0 Å². The Morgan fingerprint density at radius 2 is 2.25 bits per heavy atom. The van der Waals surface area contributed by atoms with Gasteiger partial charge in [0, 0.05) is 31.9 Å². The summed E-state index contributed by atoms with van der Waals surface area (Å²) in [7, 11) is 1.86. The molecule has 1 N–H and O–H groups in total. The lowest BCUT2D eigenvalue weighted by atomic mass is 10.3. The minimum Gasteiger partial charge on any atom is -0.373 e. The first-order valence-electron chi connectivity index (χ1n) is 5.37. The zero-order valence-electron chi connectivity index (χ0n) is 9.51. The third-order valence-electron chi connectivity index (χ3n) is 2.26. The molecule has 0 spiro atoms. The summed E-state index contributed by atoms with van der Waals surface area (Å²) >= 11 is 0. The van der Waals surface area contributed by atoms with E-state index in [4.69, 9.17) is 0 Å². The van der Waals surface area contributed by atoms with Gasteiger partial charge in [-0.05, 0) is 6.42 Å². The highest BCUT2D eigenvalue weighted by Gasteiger charge is 2.04. The summed E-state index contributed by atoms with van der Waals surface area (Å²) in [5, 5.41) is 3.04. The largest absolute Gasteiger partial charge is 0.373 e. The van der Waals surface area contributed by atoms with Crippen molar-refractivity contribution in [2.75, 3.05) is 12.4 Å². The van der Waals surface area contributed by atoms with Crippen molar-refractivity contribution in [1.82, 2.24) is 19.5 Å². The highest BCUT2D eigenvalue weighted by Crippen LogP contribution is 2.11. The molecule has 0 bridgehead atoms. The Hall–Kier alpha value is -1.91. The van der Waals surface area contributed by atoms with Crippen LogP contribution in [0.15, 0.2) is 24.8 Å². The Bertz CT molecular complexity index is 449. The van der Waals surface area contributed by atoms with Crippen LogP contribution in [0.3, 0.4) is 0 Å². The molecule has 0 radical (unpaired) electrons. The molecule has 0 fully saturated rings. The molecule has 16 heavy (non-hydrogen) atoms. The normalized spacial score (nSPS) is 10.4. The summed E-state index contributed by atoms with van der Waals surface area (Å²) in [5.74, 6) is 2.54. The van der Waals surface area contributed by atoms with E-state index in [0.717, 1.165) is 30.3 Å². The maximum absolute atomic E-state index is 4.49. The number of hydrogen-bond donors (Lipinski definition) is 1. The molecule has 2 rings (SSSR count). The first-order valence-corrected chi connectivity index (χ1v) is 5.37. The SMILES string of the molecule is CCCc1nc(NC)cc(-n2ccnc2)n1. The van der Waals surface area contributed by atoms with Gasteiger partial charge in [-0.1, -0.05) is 6.92 Å². The molecule has 0 saturated carbocycles. The van der Waals surface area contributed by atoms with Crippen LogP contribution in [-0.2, 0) is 6.42 Å². The van der Waals surface area contributed by atoms with Crippen molar-refractivity contribution in [2.45, 2.75) is 19.8 Å². The number of aryl methyl sites for hydroxylation is 1. The molecule has 84 valence electrons. The van der Waals surface area contributed by atoms with Crippen molar-refractivity contribution in [3.05, 3.63) is 30.6 Å². The molecule has 0 amide bonds. The second-order valence-electron chi connectivity index (χ2n) is 3.50. The van der Waals surface area contributed by atoms with Gasteiger partial charge in [0.05, 0.1) is 0 Å². The van der Waals surface area contributed by atoms with Gasteiger partial charge >= 0.3 is 0 Å². The van der Waals surface area contributed by atoms with E-state index in [0.29, 0.717) is 0 Å². The van der Waals surface area contributed by atoms with Gasteiger partial charge in [-0.25, -0.2) is 15.0 Å². The predicted octanol–water partition coefficient (Wildman–Crippen LogP) is 1.66. The molecule has 0 atom stereocenters. The molecular formula is C11H15N5. The smallest absolute Gasteiger partial charge is 0.143 e. The quantitative estimate of drug-likeness (QED) is 0.846. The van der Waals surface area contributed by atoms with Crippen LogP contribution in [0.5, 0.6) is 0 Å². The van der Waals surface area contributed by atoms with Crippen LogP contribution in [0.4, 0.5) is 5.82 Å². The molecule has 0 aliphatic carbocycles. The number of rotatable bonds is 4. The van der Waals surface area contributed by atoms with E-state index in [9.17, 15) is 0 Å². The van der Waals surface area contributed by atoms with E-state index in [1.54, 1.807) is 12.5 Å². The lowest BCUT2D eigenvalue weighted by molar-refractivity contribution is 0.818. The fraction of sp³-hybridized carbons (Fsp3) is 0.364. The molecular weight excluding hydrogens is 202 g/mol. The van der Waals surface area contributed by atoms with Crippen LogP contribution in [0.1, 0.15) is 19.2 Å². The van der Waals surface area contributed by atoms with Gasteiger partial charge in [0.2, 0.25) is 0 Å². The lowest BCUT2D eigenvalue weighted by Crippen LogP contribution is -2.04. The van der Waals surface area contributed by atoms with E-state index in [1.807, 2.05) is 23.9 Å². The summed E-state index contributed by atoms with van der Waals surface area (Å²) < 4.78 is 1.88. The van der Waals surface area contributed by atoms with E-state index in [-0.39, 0.29) is 0 Å². The third kappa shape index (κ3) is 2.18. The van der Waals surface area contributed by atoms with E-state index >= 15 is 0 Å². The maximum Gasteiger partial charge on any atom is 0.143 e. The van der Waals surface area contributed by atoms with Crippen LogP contribution in [0, 0.1) is 0 Å². The first kappa shape index (κ1) is 10.6. The summed E-state index contributed by atoms with van der Waals surface area (Å²) in [6.45, 7) is 2.12. The Kier molecular flexibility index (Phi) is 3.14. The number of imidazole rings is 1. The van der Waals surface area contributed by atoms with Crippen molar-refractivity contribution in [3.8, 4) is 5.82 Å². The lowest BCUT2D eigenvalue weighted by Gasteiger charge is -2.07. The average Bonchev–Trinajstić information content (AvgIpc) is 2.82. The van der Waals surface area contributed by atoms with Crippen molar-refractivity contribution in [1.29, 1.82) is 0 Å². The average molecular weight is 217 g/mol. The van der Waals surface area contributed by atoms with Crippen molar-refractivity contribution < 1.29 is 0 Å². The van der Waals surface area contributed by atoms with E-state index < -0.39 is 0 Å². The minimum atomic E-state index is 0.835. The van der Waals surface area contributed by atoms with Crippen LogP contribution in [-0.4, -0.2) is 26.6 Å². The van der Waals surface area contributed by atoms with Gasteiger partial charge in [-0.15, -0.1) is 0 Å². The fourth-order valence-electron chi connectivity index (χ4n) is 1.47. The standard InChI is InChI=1S/C11H15N5/c1-3-4-9-14-10(12-2)7-11(15-9)16-6-5-13-8-16/h5-8H,3-4H2,1-2H3,(H,12,14,15). The van der Waals surface area contributed by atoms with Crippen LogP contribution in [0.25, 0.3) is 5.82 Å². The zero-order valence-corrected chi connectivity index (χ0v) is 9.51. The molecule has 5 heteroatoms. The minimum absolute atomic E-state index is 0.835. The molecule has 2 heterocycles. The molecule has 0 aliphatic heterocycles. The highest BCUT2D eigenvalue weighted by molar-refractivity contribution is 5.41. The van der Waals surface area contributed by atoms with Crippen molar-refractivity contribution >= 4 is 5.82 Å². The molecule has 5 nitrogen and oxygen atoms in total. The van der Waals surface area contributed by atoms with E-state index in [1.165, 1.54) is 0 Å². The molecule has 2 aromatic rings. The van der Waals surface area contributed by atoms with Gasteiger partial charge in [-0.2, -0.15) is 0 Å². The third-order valence-corrected chi connectivity index (χ3v) is 2.26. The fourth-order valence-corrected chi connectivity index (χ4v) is 1.47. The Balaban J connectivity index is 2.41. The number of aromatic nitrogens is 4. The highest BCUT2D eigenvalue weighted by atomic mass is 15.1. The van der Waals surface area contributed by atoms with Gasteiger partial charge in [0.25, 0.3) is 0 Å². The summed E-state index contributed by atoms with van der Waals surface area (Å²) in [6.07, 6.45) is 7.27. The Morgan fingerprint density at radius 1 is 1.38 bits per heavy atom. The second-order valence-corrected chi connectivity index (χ2v) is 3.50. The number of nitrogens with one attached hydrogen (secondary N) is 1. The van der Waals surface area contributed by atoms with Gasteiger partial charge < -0.3 is 5.32 Å². The molecule has 0 saturated heterocycles. The first-order chi connectivity index (χ1) is 7.83. The number of hydrogen-bond acceptors (Lipinski definition) is 4. The summed E-state index contributed by atoms with van der Waals surface area (Å²) in [6, 6.07) is 1.90. The maximum atomic E-state index is 4.49. The van der Waals surface area contributed by atoms with Gasteiger partial charge in [0.1, 0.15) is 23.8 Å². The van der Waals surface area contributed by atoms with E-state index in [2.05, 4.69) is 27.2 Å². The molecule has 0 unspecified atom stereocenters. The van der Waals surface area contributed by atoms with Crippen molar-refractivity contribution in [3.63, 3.8) is 0 Å². The van der Waals surface area contributed by atoms with Crippen LogP contribution < -0.4 is 5.32 Å². The Labute approximate surface area is 94.6 Å².